The summed E-state index contributed by atoms with van der Waals surface area (Å²) in [4.78, 5) is 0. The van der Waals surface area contributed by atoms with Crippen LogP contribution in [0.25, 0.3) is 0 Å². The molecule has 1 aliphatic rings. The molecule has 13 heavy (non-hydrogen) atoms. The van der Waals surface area contributed by atoms with Crippen molar-refractivity contribution < 1.29 is 0 Å². The Hall–Kier alpha value is -0.563. The van der Waals surface area contributed by atoms with Gasteiger partial charge in [0.15, 0.2) is 0 Å². The second-order valence-electron chi connectivity index (χ2n) is 5.23. The Morgan fingerprint density at radius 3 is 2.15 bits per heavy atom. The molecular formula is C12H18Si. The third-order valence-corrected chi connectivity index (χ3v) is 5.99. The number of benzene rings is 1. The monoisotopic (exact) mass is 190 g/mol. The maximum Gasteiger partial charge on any atom is 0.0480 e. The molecule has 1 heteroatoms. The van der Waals surface area contributed by atoms with Gasteiger partial charge in [0, 0.05) is 8.07 Å². The summed E-state index contributed by atoms with van der Waals surface area (Å²) >= 11 is 0. The smallest absolute Gasteiger partial charge is 0.0480 e. The summed E-state index contributed by atoms with van der Waals surface area (Å²) in [5.41, 5.74) is 2.60. The zero-order chi connectivity index (χ0) is 9.47. The highest BCUT2D eigenvalue weighted by Gasteiger charge is 2.46. The van der Waals surface area contributed by atoms with Crippen LogP contribution in [-0.4, -0.2) is 8.07 Å². The van der Waals surface area contributed by atoms with Crippen molar-refractivity contribution in [2.45, 2.75) is 37.5 Å². The molecule has 0 N–H and O–H groups in total. The Kier molecular flexibility index (Phi) is 2.07. The molecule has 0 unspecified atom stereocenters. The first-order chi connectivity index (χ1) is 6.09. The maximum atomic E-state index is 2.49. The normalized spacial score (nSPS) is 27.3. The Morgan fingerprint density at radius 1 is 1.08 bits per heavy atom. The Morgan fingerprint density at radius 2 is 1.69 bits per heavy atom. The lowest BCUT2D eigenvalue weighted by Crippen LogP contribution is -2.20. The van der Waals surface area contributed by atoms with E-state index in [0.29, 0.717) is 0 Å². The largest absolute Gasteiger partial charge is 0.0693 e. The lowest BCUT2D eigenvalue weighted by Gasteiger charge is -2.15. The summed E-state index contributed by atoms with van der Waals surface area (Å²) in [6, 6.07) is 11.0. The van der Waals surface area contributed by atoms with Crippen molar-refractivity contribution >= 4 is 8.07 Å². The second-order valence-corrected chi connectivity index (χ2v) is 10.7. The van der Waals surface area contributed by atoms with Crippen LogP contribution in [-0.2, 0) is 0 Å². The van der Waals surface area contributed by atoms with Crippen LogP contribution in [0, 0.1) is 0 Å². The molecule has 1 aliphatic carbocycles. The fourth-order valence-electron chi connectivity index (χ4n) is 2.22. The van der Waals surface area contributed by atoms with E-state index in [4.69, 9.17) is 0 Å². The van der Waals surface area contributed by atoms with Crippen LogP contribution in [0.4, 0.5) is 0 Å². The van der Waals surface area contributed by atoms with E-state index in [2.05, 4.69) is 50.0 Å². The quantitative estimate of drug-likeness (QED) is 0.621. The lowest BCUT2D eigenvalue weighted by molar-refractivity contribution is 1.11. The van der Waals surface area contributed by atoms with E-state index in [1.54, 1.807) is 5.56 Å². The van der Waals surface area contributed by atoms with Gasteiger partial charge in [0.1, 0.15) is 0 Å². The van der Waals surface area contributed by atoms with E-state index < -0.39 is 8.07 Å². The molecule has 0 radical (unpaired) electrons. The SMILES string of the molecule is C[Si](C)(C)[C@@H]1C[C@@H]1c1ccccc1. The summed E-state index contributed by atoms with van der Waals surface area (Å²) in [5, 5.41) is 0. The van der Waals surface area contributed by atoms with Crippen molar-refractivity contribution in [3.05, 3.63) is 35.9 Å². The van der Waals surface area contributed by atoms with E-state index in [9.17, 15) is 0 Å². The molecule has 1 saturated carbocycles. The van der Waals surface area contributed by atoms with Gasteiger partial charge in [0.2, 0.25) is 0 Å². The molecule has 0 spiro atoms. The van der Waals surface area contributed by atoms with Gasteiger partial charge in [-0.3, -0.25) is 0 Å². The molecule has 0 aliphatic heterocycles. The van der Waals surface area contributed by atoms with Crippen LogP contribution < -0.4 is 0 Å². The molecule has 2 atom stereocenters. The number of hydrogen-bond donors (Lipinski definition) is 0. The van der Waals surface area contributed by atoms with E-state index in [-0.39, 0.29) is 0 Å². The summed E-state index contributed by atoms with van der Waals surface area (Å²) in [7, 11) is -0.869. The standard InChI is InChI=1S/C12H18Si/c1-13(2,3)12-9-11(12)10-7-5-4-6-8-10/h4-8,11-12H,9H2,1-3H3/t11-,12-/m1/s1. The van der Waals surface area contributed by atoms with Crippen molar-refractivity contribution in [3.63, 3.8) is 0 Å². The first-order valence-electron chi connectivity index (χ1n) is 5.14. The predicted molar refractivity (Wildman–Crippen MR) is 60.9 cm³/mol. The number of rotatable bonds is 2. The molecule has 0 bridgehead atoms. The average molecular weight is 190 g/mol. The van der Waals surface area contributed by atoms with Gasteiger partial charge < -0.3 is 0 Å². The molecule has 1 aromatic carbocycles. The van der Waals surface area contributed by atoms with Gasteiger partial charge in [-0.2, -0.15) is 0 Å². The van der Waals surface area contributed by atoms with E-state index in [1.807, 2.05) is 0 Å². The van der Waals surface area contributed by atoms with Crippen LogP contribution in [0.15, 0.2) is 30.3 Å². The van der Waals surface area contributed by atoms with Crippen molar-refractivity contribution in [2.24, 2.45) is 0 Å². The Bertz CT molecular complexity index is 284. The van der Waals surface area contributed by atoms with Gasteiger partial charge in [-0.25, -0.2) is 0 Å². The zero-order valence-corrected chi connectivity index (χ0v) is 9.75. The molecule has 1 fully saturated rings. The van der Waals surface area contributed by atoms with Gasteiger partial charge >= 0.3 is 0 Å². The summed E-state index contributed by atoms with van der Waals surface area (Å²) in [5.74, 6) is 0.896. The molecule has 0 amide bonds. The van der Waals surface area contributed by atoms with Crippen molar-refractivity contribution in [1.82, 2.24) is 0 Å². The first-order valence-corrected chi connectivity index (χ1v) is 8.72. The molecule has 1 aromatic rings. The third kappa shape index (κ3) is 1.85. The Balaban J connectivity index is 2.09. The van der Waals surface area contributed by atoms with Crippen molar-refractivity contribution in [3.8, 4) is 0 Å². The van der Waals surface area contributed by atoms with Gasteiger partial charge in [-0.05, 0) is 23.4 Å². The molecule has 0 heterocycles. The molecule has 2 rings (SSSR count). The number of hydrogen-bond acceptors (Lipinski definition) is 0. The highest BCUT2D eigenvalue weighted by molar-refractivity contribution is 6.78. The van der Waals surface area contributed by atoms with Crippen LogP contribution in [0.1, 0.15) is 17.9 Å². The van der Waals surface area contributed by atoms with Crippen molar-refractivity contribution in [1.29, 1.82) is 0 Å². The summed E-state index contributed by atoms with van der Waals surface area (Å²) < 4.78 is 0. The summed E-state index contributed by atoms with van der Waals surface area (Å²) in [6.07, 6.45) is 1.44. The first kappa shape index (κ1) is 9.01. The Labute approximate surface area is 82.0 Å². The fourth-order valence-corrected chi connectivity index (χ4v) is 4.58. The second kappa shape index (κ2) is 2.98. The van der Waals surface area contributed by atoms with Crippen LogP contribution in [0.3, 0.4) is 0 Å². The van der Waals surface area contributed by atoms with Crippen LogP contribution in [0.2, 0.25) is 25.2 Å². The minimum absolute atomic E-state index is 0.869. The van der Waals surface area contributed by atoms with Crippen LogP contribution >= 0.6 is 0 Å². The highest BCUT2D eigenvalue weighted by atomic mass is 28.3. The van der Waals surface area contributed by atoms with E-state index in [1.165, 1.54) is 6.42 Å². The molecule has 70 valence electrons. The van der Waals surface area contributed by atoms with Gasteiger partial charge in [0.05, 0.1) is 0 Å². The molecular weight excluding hydrogens is 172 g/mol. The molecule has 0 aromatic heterocycles. The minimum atomic E-state index is -0.869. The van der Waals surface area contributed by atoms with E-state index in [0.717, 1.165) is 11.5 Å². The molecule has 0 saturated heterocycles. The minimum Gasteiger partial charge on any atom is -0.0693 e. The van der Waals surface area contributed by atoms with Gasteiger partial charge in [0.25, 0.3) is 0 Å². The predicted octanol–water partition coefficient (Wildman–Crippen LogP) is 3.88. The topological polar surface area (TPSA) is 0 Å². The highest BCUT2D eigenvalue weighted by Crippen LogP contribution is 2.58. The van der Waals surface area contributed by atoms with Crippen LogP contribution in [0.5, 0.6) is 0 Å². The van der Waals surface area contributed by atoms with Gasteiger partial charge in [-0.1, -0.05) is 50.0 Å². The van der Waals surface area contributed by atoms with E-state index >= 15 is 0 Å². The van der Waals surface area contributed by atoms with Gasteiger partial charge in [-0.15, -0.1) is 0 Å². The lowest BCUT2D eigenvalue weighted by atomic mass is 10.1. The van der Waals surface area contributed by atoms with Crippen molar-refractivity contribution in [2.75, 3.05) is 0 Å². The zero-order valence-electron chi connectivity index (χ0n) is 8.75. The molecule has 0 nitrogen and oxygen atoms in total. The maximum absolute atomic E-state index is 2.49. The summed E-state index contributed by atoms with van der Waals surface area (Å²) in [6.45, 7) is 7.46. The average Bonchev–Trinajstić information content (AvgIpc) is 2.83. The fraction of sp³-hybridized carbons (Fsp3) is 0.500. The third-order valence-electron chi connectivity index (χ3n) is 3.13.